The topological polar surface area (TPSA) is 93.6 Å². The van der Waals surface area contributed by atoms with Crippen LogP contribution >= 0.6 is 11.3 Å². The van der Waals surface area contributed by atoms with Gasteiger partial charge in [0.2, 0.25) is 0 Å². The molecule has 0 spiro atoms. The number of hydrogen-bond donors (Lipinski definition) is 0. The summed E-state index contributed by atoms with van der Waals surface area (Å²) < 4.78 is 28.5. The summed E-state index contributed by atoms with van der Waals surface area (Å²) in [6, 6.07) is 5.52. The maximum Gasteiger partial charge on any atom is 0.338 e. The molecule has 0 bridgehead atoms. The standard InChI is InChI=1S/C20H24N2O5S2/c1-14(27-19(24)15-8-10-17(11-9-15)29(2,25)26)18(23)22(20-21-12-13-28-20)16-6-4-3-5-7-16/h8-14,16H,3-7H2,1-2H3. The fraction of sp³-hybridized carbons (Fsp3) is 0.450. The third-order valence-corrected chi connectivity index (χ3v) is 6.85. The number of nitrogens with zero attached hydrogens (tertiary/aromatic N) is 2. The molecule has 1 unspecified atom stereocenters. The molecule has 0 radical (unpaired) electrons. The highest BCUT2D eigenvalue weighted by Gasteiger charge is 2.33. The fourth-order valence-corrected chi connectivity index (χ4v) is 4.77. The molecule has 1 aromatic heterocycles. The van der Waals surface area contributed by atoms with Crippen LogP contribution in [0.2, 0.25) is 0 Å². The largest absolute Gasteiger partial charge is 0.449 e. The predicted molar refractivity (Wildman–Crippen MR) is 111 cm³/mol. The molecule has 1 aromatic carbocycles. The van der Waals surface area contributed by atoms with Gasteiger partial charge in [-0.2, -0.15) is 0 Å². The lowest BCUT2D eigenvalue weighted by Gasteiger charge is -2.33. The molecule has 0 N–H and O–H groups in total. The summed E-state index contributed by atoms with van der Waals surface area (Å²) in [7, 11) is -3.35. The van der Waals surface area contributed by atoms with Crippen LogP contribution in [0.15, 0.2) is 40.7 Å². The van der Waals surface area contributed by atoms with Crippen LogP contribution in [0.5, 0.6) is 0 Å². The van der Waals surface area contributed by atoms with Crippen LogP contribution < -0.4 is 4.90 Å². The number of carbonyl (C=O) groups is 2. The van der Waals surface area contributed by atoms with Crippen molar-refractivity contribution in [3.05, 3.63) is 41.4 Å². The molecule has 1 aliphatic carbocycles. The molecule has 1 atom stereocenters. The zero-order valence-corrected chi connectivity index (χ0v) is 18.0. The van der Waals surface area contributed by atoms with Crippen LogP contribution in [0.3, 0.4) is 0 Å². The molecule has 7 nitrogen and oxygen atoms in total. The highest BCUT2D eigenvalue weighted by atomic mass is 32.2. The molecule has 29 heavy (non-hydrogen) atoms. The molecule has 9 heteroatoms. The van der Waals surface area contributed by atoms with E-state index in [0.717, 1.165) is 38.4 Å². The molecule has 2 aromatic rings. The van der Waals surface area contributed by atoms with Gasteiger partial charge in [0.15, 0.2) is 21.1 Å². The zero-order valence-electron chi connectivity index (χ0n) is 16.4. The van der Waals surface area contributed by atoms with E-state index in [0.29, 0.717) is 5.13 Å². The van der Waals surface area contributed by atoms with Gasteiger partial charge in [0.05, 0.1) is 10.5 Å². The zero-order chi connectivity index (χ0) is 21.0. The molecule has 1 aliphatic rings. The van der Waals surface area contributed by atoms with Gasteiger partial charge in [-0.25, -0.2) is 18.2 Å². The van der Waals surface area contributed by atoms with Crippen LogP contribution in [-0.2, 0) is 19.4 Å². The van der Waals surface area contributed by atoms with E-state index in [-0.39, 0.29) is 22.4 Å². The van der Waals surface area contributed by atoms with Crippen molar-refractivity contribution in [2.24, 2.45) is 0 Å². The lowest BCUT2D eigenvalue weighted by Crippen LogP contribution is -2.47. The van der Waals surface area contributed by atoms with Crippen molar-refractivity contribution >= 4 is 38.2 Å². The fourth-order valence-electron chi connectivity index (χ4n) is 3.42. The number of sulfone groups is 1. The lowest BCUT2D eigenvalue weighted by atomic mass is 9.94. The Morgan fingerprint density at radius 3 is 2.38 bits per heavy atom. The summed E-state index contributed by atoms with van der Waals surface area (Å²) in [5.41, 5.74) is 0.190. The molecule has 1 amide bonds. The number of amides is 1. The van der Waals surface area contributed by atoms with Crippen LogP contribution in [0.25, 0.3) is 0 Å². The minimum absolute atomic E-state index is 0.0533. The molecule has 156 valence electrons. The Kier molecular flexibility index (Phi) is 6.69. The first kappa shape index (κ1) is 21.4. The van der Waals surface area contributed by atoms with Crippen molar-refractivity contribution in [1.29, 1.82) is 0 Å². The van der Waals surface area contributed by atoms with Crippen molar-refractivity contribution < 1.29 is 22.7 Å². The van der Waals surface area contributed by atoms with Crippen LogP contribution in [0.4, 0.5) is 5.13 Å². The van der Waals surface area contributed by atoms with Gasteiger partial charge < -0.3 is 4.74 Å². The van der Waals surface area contributed by atoms with Gasteiger partial charge in [0.25, 0.3) is 5.91 Å². The average Bonchev–Trinajstić information content (AvgIpc) is 3.22. The number of benzene rings is 1. The Morgan fingerprint density at radius 1 is 1.17 bits per heavy atom. The van der Waals surface area contributed by atoms with Crippen molar-refractivity contribution in [2.75, 3.05) is 11.2 Å². The second-order valence-electron chi connectivity index (χ2n) is 7.16. The quantitative estimate of drug-likeness (QED) is 0.644. The van der Waals surface area contributed by atoms with E-state index in [2.05, 4.69) is 4.98 Å². The van der Waals surface area contributed by atoms with Crippen molar-refractivity contribution in [1.82, 2.24) is 4.98 Å². The number of aromatic nitrogens is 1. The molecule has 1 saturated carbocycles. The molecular weight excluding hydrogens is 412 g/mol. The highest BCUT2D eigenvalue weighted by molar-refractivity contribution is 7.90. The average molecular weight is 437 g/mol. The van der Waals surface area contributed by atoms with Gasteiger partial charge in [-0.15, -0.1) is 11.3 Å². The van der Waals surface area contributed by atoms with Gasteiger partial charge in [0, 0.05) is 23.9 Å². The number of thiazole rings is 1. The Hall–Kier alpha value is -2.26. The van der Waals surface area contributed by atoms with Crippen LogP contribution in [0, 0.1) is 0 Å². The smallest absolute Gasteiger partial charge is 0.338 e. The Labute approximate surface area is 174 Å². The van der Waals surface area contributed by atoms with Crippen LogP contribution in [0.1, 0.15) is 49.4 Å². The van der Waals surface area contributed by atoms with Gasteiger partial charge in [-0.1, -0.05) is 19.3 Å². The minimum atomic E-state index is -3.35. The van der Waals surface area contributed by atoms with Gasteiger partial charge in [0.1, 0.15) is 0 Å². The maximum absolute atomic E-state index is 13.1. The highest BCUT2D eigenvalue weighted by Crippen LogP contribution is 2.29. The Balaban J connectivity index is 1.73. The van der Waals surface area contributed by atoms with Crippen molar-refractivity contribution in [3.8, 4) is 0 Å². The second kappa shape index (κ2) is 9.04. The van der Waals surface area contributed by atoms with E-state index >= 15 is 0 Å². The SMILES string of the molecule is CC(OC(=O)c1ccc(S(C)(=O)=O)cc1)C(=O)N(c1nccs1)C1CCCCC1. The van der Waals surface area contributed by atoms with Crippen molar-refractivity contribution in [3.63, 3.8) is 0 Å². The monoisotopic (exact) mass is 436 g/mol. The molecule has 3 rings (SSSR count). The number of carbonyl (C=O) groups excluding carboxylic acids is 2. The molecule has 1 heterocycles. The molecule has 0 aliphatic heterocycles. The Morgan fingerprint density at radius 2 is 1.83 bits per heavy atom. The van der Waals surface area contributed by atoms with E-state index in [1.165, 1.54) is 35.6 Å². The third kappa shape index (κ3) is 5.22. The number of ether oxygens (including phenoxy) is 1. The van der Waals surface area contributed by atoms with E-state index in [9.17, 15) is 18.0 Å². The molecular formula is C20H24N2O5S2. The predicted octanol–water partition coefficient (Wildman–Crippen LogP) is 3.46. The summed E-state index contributed by atoms with van der Waals surface area (Å²) in [6.07, 6.45) is 6.84. The second-order valence-corrected chi connectivity index (χ2v) is 10.0. The number of rotatable bonds is 6. The number of anilines is 1. The maximum atomic E-state index is 13.1. The minimum Gasteiger partial charge on any atom is -0.449 e. The first-order valence-corrected chi connectivity index (χ1v) is 12.3. The summed E-state index contributed by atoms with van der Waals surface area (Å²) in [5.74, 6) is -0.971. The van der Waals surface area contributed by atoms with Gasteiger partial charge in [-0.05, 0) is 44.0 Å². The summed E-state index contributed by atoms with van der Waals surface area (Å²) in [4.78, 5) is 31.7. The first-order chi connectivity index (χ1) is 13.8. The summed E-state index contributed by atoms with van der Waals surface area (Å²) in [6.45, 7) is 1.55. The molecule has 0 saturated heterocycles. The van der Waals surface area contributed by atoms with Crippen LogP contribution in [-0.4, -0.2) is 43.7 Å². The van der Waals surface area contributed by atoms with Gasteiger partial charge in [-0.3, -0.25) is 9.69 Å². The van der Waals surface area contributed by atoms with E-state index in [1.807, 2.05) is 5.38 Å². The summed E-state index contributed by atoms with van der Waals surface area (Å²) >= 11 is 1.39. The van der Waals surface area contributed by atoms with E-state index in [1.54, 1.807) is 18.0 Å². The van der Waals surface area contributed by atoms with E-state index < -0.39 is 21.9 Å². The lowest BCUT2D eigenvalue weighted by molar-refractivity contribution is -0.127. The van der Waals surface area contributed by atoms with Crippen molar-refractivity contribution in [2.45, 2.75) is 56.1 Å². The number of hydrogen-bond acceptors (Lipinski definition) is 7. The number of esters is 1. The third-order valence-electron chi connectivity index (χ3n) is 4.95. The first-order valence-electron chi connectivity index (χ1n) is 9.51. The molecule has 1 fully saturated rings. The normalized spacial score (nSPS) is 16.2. The van der Waals surface area contributed by atoms with Gasteiger partial charge >= 0.3 is 5.97 Å². The summed E-state index contributed by atoms with van der Waals surface area (Å²) in [5, 5.41) is 2.43. The Bertz CT molecular complexity index is 949. The van der Waals surface area contributed by atoms with E-state index in [4.69, 9.17) is 4.74 Å².